The molecule has 2 heterocycles. The van der Waals surface area contributed by atoms with Gasteiger partial charge in [-0.1, -0.05) is 59.6 Å². The molecular weight excluding hydrogens is 751 g/mol. The van der Waals surface area contributed by atoms with Crippen molar-refractivity contribution in [2.45, 2.75) is 9.79 Å². The maximum absolute atomic E-state index is 14.0. The molecule has 4 aromatic rings. The Morgan fingerprint density at radius 3 is 1.08 bits per heavy atom. The molecule has 52 heavy (non-hydrogen) atoms. The molecule has 9 rings (SSSR count). The first-order valence-electron chi connectivity index (χ1n) is 16.0. The number of allylic oxidation sites excluding steroid dienone is 2. The van der Waals surface area contributed by atoms with Gasteiger partial charge in [-0.2, -0.15) is 0 Å². The highest BCUT2D eigenvalue weighted by molar-refractivity contribution is 7.93. The number of carbonyl (C=O) groups is 4. The van der Waals surface area contributed by atoms with Crippen LogP contribution in [-0.4, -0.2) is 40.5 Å². The monoisotopic (exact) mass is 776 g/mol. The van der Waals surface area contributed by atoms with Gasteiger partial charge >= 0.3 is 0 Å². The average Bonchev–Trinajstić information content (AvgIpc) is 3.57. The molecule has 1 saturated carbocycles. The Hall–Kier alpha value is -5.02. The van der Waals surface area contributed by atoms with Crippen LogP contribution in [0.3, 0.4) is 0 Å². The Labute approximate surface area is 308 Å². The van der Waals surface area contributed by atoms with Gasteiger partial charge in [-0.05, 0) is 72.8 Å². The van der Waals surface area contributed by atoms with Crippen LogP contribution in [-0.2, 0) is 39.2 Å². The van der Waals surface area contributed by atoms with Crippen molar-refractivity contribution in [2.75, 3.05) is 19.2 Å². The maximum Gasteiger partial charge on any atom is 0.261 e. The van der Waals surface area contributed by atoms with E-state index in [9.17, 15) is 36.0 Å². The minimum atomic E-state index is -4.06. The first-order valence-corrected chi connectivity index (χ1v) is 19.7. The van der Waals surface area contributed by atoms with Gasteiger partial charge in [0, 0.05) is 11.8 Å². The molecule has 4 aromatic carbocycles. The maximum atomic E-state index is 14.0. The molecule has 0 spiro atoms. The van der Waals surface area contributed by atoms with Crippen molar-refractivity contribution in [1.82, 2.24) is 0 Å². The Bertz CT molecular complexity index is 2240. The number of rotatable bonds is 8. The highest BCUT2D eigenvalue weighted by Gasteiger charge is 2.68. The van der Waals surface area contributed by atoms with E-state index in [1.807, 2.05) is 0 Å². The summed E-state index contributed by atoms with van der Waals surface area (Å²) in [6, 6.07) is 23.2. The van der Waals surface area contributed by atoms with E-state index in [-0.39, 0.29) is 42.6 Å². The van der Waals surface area contributed by atoms with Crippen molar-refractivity contribution in [1.29, 1.82) is 0 Å². The molecule has 3 aliphatic carbocycles. The van der Waals surface area contributed by atoms with Gasteiger partial charge < -0.3 is 0 Å². The van der Waals surface area contributed by atoms with Crippen LogP contribution in [0.1, 0.15) is 0 Å². The van der Waals surface area contributed by atoms with Gasteiger partial charge in [0.25, 0.3) is 20.0 Å². The second-order valence-electron chi connectivity index (χ2n) is 12.8. The van der Waals surface area contributed by atoms with Crippen LogP contribution < -0.4 is 19.2 Å². The number of carbonyl (C=O) groups excluding carboxylic acids is 4. The standard InChI is InChI=1S/C36H26Cl2N4O8S2/c37-25-5-1-3-7-27(25)39-51(47,48)21-13-9-19(10-14-21)41-33(43)29-23-17-18-24(30(29)34(41)44)32-31(23)35(45)42(36(32)46)20-11-15-22(16-12-20)52(49,50)40-28-8-4-2-6-26(28)38/h1-18,23-24,29-32,39-40H/t23?,24?,29-,30+,31+,32-. The number of nitrogens with one attached hydrogen (secondary N) is 2. The third-order valence-corrected chi connectivity index (χ3v) is 13.5. The van der Waals surface area contributed by atoms with Crippen molar-refractivity contribution in [3.8, 4) is 0 Å². The summed E-state index contributed by atoms with van der Waals surface area (Å²) in [5, 5.41) is 0.413. The Kier molecular flexibility index (Phi) is 8.06. The zero-order chi connectivity index (χ0) is 36.7. The molecule has 0 radical (unpaired) electrons. The Morgan fingerprint density at radius 2 is 0.769 bits per heavy atom. The minimum Gasteiger partial charge on any atom is -0.278 e. The van der Waals surface area contributed by atoms with Gasteiger partial charge in [0.05, 0.1) is 66.3 Å². The zero-order valence-corrected chi connectivity index (χ0v) is 29.7. The van der Waals surface area contributed by atoms with E-state index < -0.39 is 79.2 Å². The van der Waals surface area contributed by atoms with Gasteiger partial charge in [-0.3, -0.25) is 38.4 Å². The lowest BCUT2D eigenvalue weighted by Gasteiger charge is -2.44. The lowest BCUT2D eigenvalue weighted by atomic mass is 9.54. The third-order valence-electron chi connectivity index (χ3n) is 10.1. The summed E-state index contributed by atoms with van der Waals surface area (Å²) in [4.78, 5) is 57.6. The van der Waals surface area contributed by atoms with E-state index in [0.29, 0.717) is 0 Å². The Balaban J connectivity index is 1.02. The van der Waals surface area contributed by atoms with E-state index in [4.69, 9.17) is 23.2 Å². The summed E-state index contributed by atoms with van der Waals surface area (Å²) in [6.45, 7) is 0. The van der Waals surface area contributed by atoms with Crippen molar-refractivity contribution in [3.63, 3.8) is 0 Å². The number of hydrogen-bond donors (Lipinski definition) is 2. The van der Waals surface area contributed by atoms with E-state index in [0.717, 1.165) is 9.80 Å². The zero-order valence-electron chi connectivity index (χ0n) is 26.6. The molecule has 264 valence electrons. The van der Waals surface area contributed by atoms with Crippen molar-refractivity contribution >= 4 is 89.6 Å². The third kappa shape index (κ3) is 5.31. The molecular formula is C36H26Cl2N4O8S2. The number of sulfonamides is 2. The summed E-state index contributed by atoms with van der Waals surface area (Å²) in [5.41, 5.74) is 0.684. The fourth-order valence-corrected chi connectivity index (χ4v) is 10.4. The van der Waals surface area contributed by atoms with Crippen molar-refractivity contribution in [3.05, 3.63) is 119 Å². The SMILES string of the molecule is O=C1[C@@H]2C3C=CC([C@H]4C(=O)N(c5ccc(S(=O)(=O)Nc6ccccc6Cl)cc5)C(=O)[C@@H]34)[C@@H]2C(=O)N1c1ccc(S(=O)(=O)Nc2ccccc2Cl)cc1. The molecule has 16 heteroatoms. The van der Waals surface area contributed by atoms with Crippen LogP contribution in [0.5, 0.6) is 0 Å². The average molecular weight is 778 g/mol. The van der Waals surface area contributed by atoms with Crippen LogP contribution in [0.4, 0.5) is 22.7 Å². The first kappa shape index (κ1) is 34.1. The number of nitrogens with zero attached hydrogens (tertiary/aromatic N) is 2. The second kappa shape index (κ2) is 12.3. The molecule has 2 aliphatic heterocycles. The largest absolute Gasteiger partial charge is 0.278 e. The number of benzene rings is 4. The summed E-state index contributed by atoms with van der Waals surface area (Å²) in [5.74, 6) is -7.31. The summed E-state index contributed by atoms with van der Waals surface area (Å²) in [7, 11) is -8.11. The quantitative estimate of drug-likeness (QED) is 0.179. The molecule has 2 bridgehead atoms. The van der Waals surface area contributed by atoms with Gasteiger partial charge in [0.15, 0.2) is 0 Å². The van der Waals surface area contributed by atoms with E-state index >= 15 is 0 Å². The van der Waals surface area contributed by atoms with Crippen LogP contribution in [0.2, 0.25) is 10.0 Å². The molecule has 4 amide bonds. The predicted molar refractivity (Wildman–Crippen MR) is 192 cm³/mol. The van der Waals surface area contributed by atoms with Gasteiger partial charge in [-0.25, -0.2) is 16.8 Å². The molecule has 0 aromatic heterocycles. The molecule has 3 fully saturated rings. The first-order chi connectivity index (χ1) is 24.8. The lowest BCUT2D eigenvalue weighted by molar-refractivity contribution is -0.137. The van der Waals surface area contributed by atoms with Crippen LogP contribution in [0, 0.1) is 35.5 Å². The number of amides is 4. The van der Waals surface area contributed by atoms with E-state index in [1.54, 1.807) is 36.4 Å². The van der Waals surface area contributed by atoms with Gasteiger partial charge in [0.2, 0.25) is 23.6 Å². The highest BCUT2D eigenvalue weighted by Crippen LogP contribution is 2.58. The Morgan fingerprint density at radius 1 is 0.462 bits per heavy atom. The number of anilines is 4. The smallest absolute Gasteiger partial charge is 0.261 e. The van der Waals surface area contributed by atoms with Crippen molar-refractivity contribution in [2.24, 2.45) is 35.5 Å². The molecule has 5 aliphatic rings. The molecule has 2 unspecified atom stereocenters. The molecule has 2 N–H and O–H groups in total. The van der Waals surface area contributed by atoms with E-state index in [1.165, 1.54) is 72.8 Å². The fraction of sp³-hybridized carbons (Fsp3) is 0.167. The van der Waals surface area contributed by atoms with Crippen LogP contribution >= 0.6 is 23.2 Å². The summed E-state index contributed by atoms with van der Waals surface area (Å²) in [6.07, 6.45) is 3.45. The normalized spacial score (nSPS) is 25.0. The number of halogens is 2. The van der Waals surface area contributed by atoms with E-state index in [2.05, 4.69) is 9.44 Å². The van der Waals surface area contributed by atoms with Crippen LogP contribution in [0.25, 0.3) is 0 Å². The summed E-state index contributed by atoms with van der Waals surface area (Å²) >= 11 is 12.2. The van der Waals surface area contributed by atoms with Gasteiger partial charge in [-0.15, -0.1) is 0 Å². The number of imide groups is 2. The highest BCUT2D eigenvalue weighted by atomic mass is 35.5. The summed E-state index contributed by atoms with van der Waals surface area (Å²) < 4.78 is 57.0. The number of para-hydroxylation sites is 2. The lowest BCUT2D eigenvalue weighted by Crippen LogP contribution is -2.50. The molecule has 12 nitrogen and oxygen atoms in total. The molecule has 6 atom stereocenters. The van der Waals surface area contributed by atoms with Crippen LogP contribution in [0.15, 0.2) is 119 Å². The fourth-order valence-electron chi connectivity index (χ4n) is 7.78. The van der Waals surface area contributed by atoms with Crippen molar-refractivity contribution < 1.29 is 36.0 Å². The topological polar surface area (TPSA) is 167 Å². The second-order valence-corrected chi connectivity index (χ2v) is 17.0. The minimum absolute atomic E-state index is 0.122. The predicted octanol–water partition coefficient (Wildman–Crippen LogP) is 5.32. The van der Waals surface area contributed by atoms with Gasteiger partial charge in [0.1, 0.15) is 0 Å². The number of hydrogen-bond acceptors (Lipinski definition) is 8. The molecule has 2 saturated heterocycles.